The van der Waals surface area contributed by atoms with E-state index in [-0.39, 0.29) is 41.3 Å². The molecule has 0 aromatic heterocycles. The Morgan fingerprint density at radius 2 is 2.00 bits per heavy atom. The minimum atomic E-state index is -0.586. The second-order valence-corrected chi connectivity index (χ2v) is 9.32. The molecule has 4 aliphatic carbocycles. The van der Waals surface area contributed by atoms with Gasteiger partial charge in [0.15, 0.2) is 11.6 Å². The number of hydrogen-bond donors (Lipinski definition) is 3. The Hall–Kier alpha value is -1.04. The van der Waals surface area contributed by atoms with Crippen LogP contribution in [0.5, 0.6) is 0 Å². The molecular formula is C21H30O5. The first-order valence-electron chi connectivity index (χ1n) is 10.0. The van der Waals surface area contributed by atoms with E-state index in [2.05, 4.69) is 6.92 Å². The van der Waals surface area contributed by atoms with Crippen molar-refractivity contribution in [1.29, 1.82) is 0 Å². The number of hydrogen-bond acceptors (Lipinski definition) is 5. The highest BCUT2D eigenvalue weighted by Gasteiger charge is 2.63. The number of carbonyl (C=O) groups excluding carboxylic acids is 2. The molecule has 3 fully saturated rings. The molecule has 0 heterocycles. The summed E-state index contributed by atoms with van der Waals surface area (Å²) in [7, 11) is 0. The van der Waals surface area contributed by atoms with E-state index < -0.39 is 18.1 Å². The fourth-order valence-electron chi connectivity index (χ4n) is 7.40. The maximum absolute atomic E-state index is 12.3. The smallest absolute Gasteiger partial charge is 0.161 e. The Morgan fingerprint density at radius 3 is 2.69 bits per heavy atom. The van der Waals surface area contributed by atoms with Crippen LogP contribution in [-0.4, -0.2) is 46.2 Å². The normalized spacial score (nSPS) is 47.6. The van der Waals surface area contributed by atoms with E-state index in [0.717, 1.165) is 31.3 Å². The average Bonchev–Trinajstić information content (AvgIpc) is 2.97. The van der Waals surface area contributed by atoms with E-state index in [4.69, 9.17) is 0 Å². The Kier molecular flexibility index (Phi) is 4.41. The van der Waals surface area contributed by atoms with Crippen molar-refractivity contribution >= 4 is 11.6 Å². The van der Waals surface area contributed by atoms with Gasteiger partial charge in [-0.2, -0.15) is 0 Å². The number of fused-ring (bicyclic) bond motifs is 5. The number of aliphatic hydroxyl groups is 3. The summed E-state index contributed by atoms with van der Waals surface area (Å²) in [6.07, 6.45) is 6.17. The van der Waals surface area contributed by atoms with Crippen molar-refractivity contribution < 1.29 is 24.9 Å². The summed E-state index contributed by atoms with van der Waals surface area (Å²) >= 11 is 0. The molecule has 0 radical (unpaired) electrons. The zero-order valence-corrected chi connectivity index (χ0v) is 15.5. The third-order valence-corrected chi connectivity index (χ3v) is 8.46. The van der Waals surface area contributed by atoms with Crippen molar-refractivity contribution in [1.82, 2.24) is 0 Å². The van der Waals surface area contributed by atoms with Gasteiger partial charge in [-0.05, 0) is 67.8 Å². The minimum Gasteiger partial charge on any atom is -0.395 e. The highest BCUT2D eigenvalue weighted by Crippen LogP contribution is 2.66. The molecule has 3 N–H and O–H groups in total. The molecule has 7 atom stereocenters. The van der Waals surface area contributed by atoms with Crippen LogP contribution in [0, 0.1) is 34.5 Å². The molecule has 0 saturated heterocycles. The summed E-state index contributed by atoms with van der Waals surface area (Å²) in [6, 6.07) is 0. The first kappa shape index (κ1) is 18.3. The van der Waals surface area contributed by atoms with Gasteiger partial charge < -0.3 is 15.3 Å². The molecular weight excluding hydrogens is 332 g/mol. The van der Waals surface area contributed by atoms with E-state index >= 15 is 0 Å². The molecule has 3 saturated carbocycles. The Balaban J connectivity index is 1.72. The van der Waals surface area contributed by atoms with Gasteiger partial charge >= 0.3 is 0 Å². The Morgan fingerprint density at radius 1 is 1.23 bits per heavy atom. The largest absolute Gasteiger partial charge is 0.395 e. The molecule has 0 aliphatic heterocycles. The molecule has 0 amide bonds. The molecule has 4 aliphatic rings. The first-order valence-corrected chi connectivity index (χ1v) is 10.0. The van der Waals surface area contributed by atoms with Gasteiger partial charge in [0, 0.05) is 17.8 Å². The predicted octanol–water partition coefficient (Wildman–Crippen LogP) is 1.64. The first-order chi connectivity index (χ1) is 12.4. The van der Waals surface area contributed by atoms with E-state index in [1.54, 1.807) is 6.08 Å². The third-order valence-electron chi connectivity index (χ3n) is 8.46. The fraction of sp³-hybridized carbons (Fsp3) is 0.810. The summed E-state index contributed by atoms with van der Waals surface area (Å²) in [4.78, 5) is 24.2. The lowest BCUT2D eigenvalue weighted by Gasteiger charge is -2.60. The lowest BCUT2D eigenvalue weighted by Crippen LogP contribution is -2.59. The monoisotopic (exact) mass is 362 g/mol. The lowest BCUT2D eigenvalue weighted by atomic mass is 9.45. The zero-order chi connectivity index (χ0) is 18.7. The third kappa shape index (κ3) is 2.33. The van der Waals surface area contributed by atoms with Crippen molar-refractivity contribution in [2.75, 3.05) is 13.2 Å². The van der Waals surface area contributed by atoms with Gasteiger partial charge in [0.25, 0.3) is 0 Å². The van der Waals surface area contributed by atoms with Crippen molar-refractivity contribution in [3.63, 3.8) is 0 Å². The summed E-state index contributed by atoms with van der Waals surface area (Å²) in [5, 5.41) is 30.9. The molecule has 26 heavy (non-hydrogen) atoms. The van der Waals surface area contributed by atoms with Crippen LogP contribution in [0.2, 0.25) is 0 Å². The Bertz CT molecular complexity index is 655. The van der Waals surface area contributed by atoms with Crippen LogP contribution in [0.15, 0.2) is 11.6 Å². The second kappa shape index (κ2) is 6.25. The fourth-order valence-corrected chi connectivity index (χ4v) is 7.40. The molecule has 5 heteroatoms. The molecule has 0 bridgehead atoms. The maximum atomic E-state index is 12.3. The van der Waals surface area contributed by atoms with Crippen LogP contribution in [0.25, 0.3) is 0 Å². The van der Waals surface area contributed by atoms with Gasteiger partial charge in [0.05, 0.1) is 12.7 Å². The number of aliphatic hydroxyl groups excluding tert-OH is 3. The van der Waals surface area contributed by atoms with Crippen molar-refractivity contribution in [2.24, 2.45) is 34.5 Å². The van der Waals surface area contributed by atoms with Crippen LogP contribution in [0.3, 0.4) is 0 Å². The molecule has 7 unspecified atom stereocenters. The van der Waals surface area contributed by atoms with Crippen LogP contribution in [0.1, 0.15) is 51.9 Å². The quantitative estimate of drug-likeness (QED) is 0.709. The standard InChI is InChI=1S/C21H30O5/c1-20-9-17(25)19-14(15(20)4-5-16(20)18(26)10-22)3-2-12-8-13(24)6-7-21(12,19)11-23/h8,14-17,19,22-23,25H,2-7,9-11H2,1H3. The van der Waals surface area contributed by atoms with E-state index in [9.17, 15) is 24.9 Å². The number of Topliss-reactive ketones (excluding diaryl/α,β-unsaturated/α-hetero) is 1. The predicted molar refractivity (Wildman–Crippen MR) is 95.1 cm³/mol. The number of rotatable bonds is 3. The molecule has 0 aromatic carbocycles. The van der Waals surface area contributed by atoms with Gasteiger partial charge in [-0.1, -0.05) is 12.5 Å². The highest BCUT2D eigenvalue weighted by molar-refractivity contribution is 5.91. The SMILES string of the molecule is CC12CC(O)C3C(CCC4=CC(=O)CCC43CO)C1CCC2C(=O)CO. The summed E-state index contributed by atoms with van der Waals surface area (Å²) in [6.45, 7) is 1.67. The van der Waals surface area contributed by atoms with E-state index in [1.807, 2.05) is 0 Å². The van der Waals surface area contributed by atoms with E-state index in [0.29, 0.717) is 25.2 Å². The maximum Gasteiger partial charge on any atom is 0.161 e. The molecule has 5 nitrogen and oxygen atoms in total. The Labute approximate surface area is 154 Å². The van der Waals surface area contributed by atoms with Gasteiger partial charge in [-0.25, -0.2) is 0 Å². The summed E-state index contributed by atoms with van der Waals surface area (Å²) < 4.78 is 0. The van der Waals surface area contributed by atoms with Gasteiger partial charge in [-0.15, -0.1) is 0 Å². The average molecular weight is 362 g/mol. The van der Waals surface area contributed by atoms with Gasteiger partial charge in [-0.3, -0.25) is 9.59 Å². The molecule has 0 spiro atoms. The molecule has 4 rings (SSSR count). The zero-order valence-electron chi connectivity index (χ0n) is 15.5. The van der Waals surface area contributed by atoms with Crippen LogP contribution in [-0.2, 0) is 9.59 Å². The van der Waals surface area contributed by atoms with Crippen molar-refractivity contribution in [2.45, 2.75) is 58.0 Å². The minimum absolute atomic E-state index is 0.0211. The van der Waals surface area contributed by atoms with Crippen molar-refractivity contribution in [3.8, 4) is 0 Å². The van der Waals surface area contributed by atoms with Crippen molar-refractivity contribution in [3.05, 3.63) is 11.6 Å². The summed E-state index contributed by atoms with van der Waals surface area (Å²) in [5.74, 6) is 0.408. The highest BCUT2D eigenvalue weighted by atomic mass is 16.3. The molecule has 0 aromatic rings. The van der Waals surface area contributed by atoms with E-state index in [1.165, 1.54) is 0 Å². The van der Waals surface area contributed by atoms with Gasteiger partial charge in [0.1, 0.15) is 6.61 Å². The summed E-state index contributed by atoms with van der Waals surface area (Å²) in [5.41, 5.74) is 0.278. The van der Waals surface area contributed by atoms with Crippen LogP contribution < -0.4 is 0 Å². The number of carbonyl (C=O) groups is 2. The van der Waals surface area contributed by atoms with Crippen LogP contribution >= 0.6 is 0 Å². The lowest BCUT2D eigenvalue weighted by molar-refractivity contribution is -0.153. The molecule has 144 valence electrons. The topological polar surface area (TPSA) is 94.8 Å². The van der Waals surface area contributed by atoms with Gasteiger partial charge in [0.2, 0.25) is 0 Å². The van der Waals surface area contributed by atoms with Crippen LogP contribution in [0.4, 0.5) is 0 Å². The number of ketones is 2. The second-order valence-electron chi connectivity index (χ2n) is 9.32.